The van der Waals surface area contributed by atoms with Crippen LogP contribution in [-0.2, 0) is 13.0 Å². The molecule has 0 aliphatic rings. The van der Waals surface area contributed by atoms with Gasteiger partial charge in [0.15, 0.2) is 0 Å². The summed E-state index contributed by atoms with van der Waals surface area (Å²) < 4.78 is 0. The van der Waals surface area contributed by atoms with E-state index in [1.54, 1.807) is 24.3 Å². The Labute approximate surface area is 133 Å². The fourth-order valence-corrected chi connectivity index (χ4v) is 2.50. The van der Waals surface area contributed by atoms with Gasteiger partial charge in [-0.2, -0.15) is 0 Å². The van der Waals surface area contributed by atoms with Gasteiger partial charge in [0.05, 0.1) is 5.56 Å². The van der Waals surface area contributed by atoms with Crippen LogP contribution in [0, 0.1) is 0 Å². The average molecular weight is 324 g/mol. The Morgan fingerprint density at radius 3 is 2.67 bits per heavy atom. The number of rotatable bonds is 6. The first-order valence-corrected chi connectivity index (χ1v) is 7.29. The van der Waals surface area contributed by atoms with E-state index in [1.807, 2.05) is 18.2 Å². The summed E-state index contributed by atoms with van der Waals surface area (Å²) in [5.74, 6) is -0.912. The Bertz CT molecular complexity index is 644. The molecule has 0 saturated heterocycles. The third kappa shape index (κ3) is 4.74. The highest BCUT2D eigenvalue weighted by Crippen LogP contribution is 2.21. The lowest BCUT2D eigenvalue weighted by Crippen LogP contribution is -2.17. The van der Waals surface area contributed by atoms with Crippen LogP contribution in [-0.4, -0.2) is 17.6 Å². The second-order valence-corrected chi connectivity index (χ2v) is 5.51. The summed E-state index contributed by atoms with van der Waals surface area (Å²) in [5.41, 5.74) is 2.28. The minimum atomic E-state index is -0.912. The monoisotopic (exact) mass is 323 g/mol. The summed E-state index contributed by atoms with van der Waals surface area (Å²) in [6, 6.07) is 12.4. The Morgan fingerprint density at radius 2 is 1.95 bits per heavy atom. The van der Waals surface area contributed by atoms with Crippen molar-refractivity contribution in [2.45, 2.75) is 13.0 Å². The first kappa shape index (κ1) is 15.8. The molecule has 0 amide bonds. The maximum Gasteiger partial charge on any atom is 0.335 e. The lowest BCUT2D eigenvalue weighted by Gasteiger charge is -2.07. The summed E-state index contributed by atoms with van der Waals surface area (Å²) in [4.78, 5) is 10.9. The normalized spacial score (nSPS) is 10.6. The van der Waals surface area contributed by atoms with Crippen molar-refractivity contribution in [3.8, 4) is 0 Å². The summed E-state index contributed by atoms with van der Waals surface area (Å²) in [6.07, 6.45) is 0.786. The maximum absolute atomic E-state index is 10.9. The van der Waals surface area contributed by atoms with Crippen LogP contribution in [0.1, 0.15) is 21.5 Å². The number of carboxylic acid groups (broad SMARTS) is 1. The Hall–Kier alpha value is -1.55. The molecule has 0 unspecified atom stereocenters. The molecule has 0 aliphatic heterocycles. The van der Waals surface area contributed by atoms with Gasteiger partial charge in [0.25, 0.3) is 0 Å². The third-order valence-corrected chi connectivity index (χ3v) is 3.68. The molecule has 2 rings (SSSR count). The van der Waals surface area contributed by atoms with Gasteiger partial charge in [0.2, 0.25) is 0 Å². The largest absolute Gasteiger partial charge is 0.478 e. The van der Waals surface area contributed by atoms with E-state index in [1.165, 1.54) is 0 Å². The number of benzene rings is 2. The lowest BCUT2D eigenvalue weighted by atomic mass is 10.1. The predicted molar refractivity (Wildman–Crippen MR) is 85.3 cm³/mol. The van der Waals surface area contributed by atoms with Gasteiger partial charge in [0.1, 0.15) is 0 Å². The number of hydrogen-bond donors (Lipinski definition) is 2. The van der Waals surface area contributed by atoms with Gasteiger partial charge in [-0.15, -0.1) is 0 Å². The van der Waals surface area contributed by atoms with Gasteiger partial charge in [-0.3, -0.25) is 0 Å². The summed E-state index contributed by atoms with van der Waals surface area (Å²) in [5, 5.41) is 13.5. The molecule has 0 atom stereocenters. The van der Waals surface area contributed by atoms with Crippen LogP contribution in [0.15, 0.2) is 42.5 Å². The molecule has 5 heteroatoms. The van der Waals surface area contributed by atoms with E-state index in [-0.39, 0.29) is 0 Å². The van der Waals surface area contributed by atoms with Gasteiger partial charge in [-0.1, -0.05) is 41.4 Å². The van der Waals surface area contributed by atoms with Crippen LogP contribution in [0.25, 0.3) is 0 Å². The number of carbonyl (C=O) groups is 1. The summed E-state index contributed by atoms with van der Waals surface area (Å²) >= 11 is 12.0. The molecule has 2 aromatic carbocycles. The first-order chi connectivity index (χ1) is 10.1. The summed E-state index contributed by atoms with van der Waals surface area (Å²) in [7, 11) is 0. The van der Waals surface area contributed by atoms with Crippen LogP contribution in [0.5, 0.6) is 0 Å². The van der Waals surface area contributed by atoms with Gasteiger partial charge >= 0.3 is 5.97 Å². The van der Waals surface area contributed by atoms with Crippen molar-refractivity contribution in [3.63, 3.8) is 0 Å². The van der Waals surface area contributed by atoms with Crippen molar-refractivity contribution < 1.29 is 9.90 Å². The van der Waals surface area contributed by atoms with E-state index in [4.69, 9.17) is 28.3 Å². The molecule has 0 spiro atoms. The predicted octanol–water partition coefficient (Wildman–Crippen LogP) is 4.02. The first-order valence-electron chi connectivity index (χ1n) is 6.53. The minimum Gasteiger partial charge on any atom is -0.478 e. The van der Waals surface area contributed by atoms with Crippen molar-refractivity contribution >= 4 is 29.2 Å². The maximum atomic E-state index is 10.9. The zero-order valence-electron chi connectivity index (χ0n) is 11.3. The molecule has 0 saturated carbocycles. The number of aromatic carboxylic acids is 1. The number of carboxylic acids is 1. The quantitative estimate of drug-likeness (QED) is 0.789. The SMILES string of the molecule is O=C(O)c1cccc(CNCCc2ccc(Cl)cc2Cl)c1. The molecule has 0 aliphatic carbocycles. The van der Waals surface area contributed by atoms with Crippen molar-refractivity contribution in [3.05, 3.63) is 69.2 Å². The van der Waals surface area contributed by atoms with Gasteiger partial charge < -0.3 is 10.4 Å². The van der Waals surface area contributed by atoms with Crippen LogP contribution in [0.2, 0.25) is 10.0 Å². The molecule has 0 heterocycles. The third-order valence-electron chi connectivity index (χ3n) is 3.09. The average Bonchev–Trinajstić information content (AvgIpc) is 2.45. The van der Waals surface area contributed by atoms with Crippen molar-refractivity contribution in [2.75, 3.05) is 6.54 Å². The molecule has 110 valence electrons. The topological polar surface area (TPSA) is 49.3 Å². The van der Waals surface area contributed by atoms with E-state index >= 15 is 0 Å². The molecule has 0 aromatic heterocycles. The van der Waals surface area contributed by atoms with Crippen LogP contribution in [0.3, 0.4) is 0 Å². The summed E-state index contributed by atoms with van der Waals surface area (Å²) in [6.45, 7) is 1.37. The second-order valence-electron chi connectivity index (χ2n) is 4.67. The standard InChI is InChI=1S/C16H15Cl2NO2/c17-14-5-4-12(15(18)9-14)6-7-19-10-11-2-1-3-13(8-11)16(20)21/h1-5,8-9,19H,6-7,10H2,(H,20,21). The van der Waals surface area contributed by atoms with E-state index in [0.29, 0.717) is 22.2 Å². The molecular weight excluding hydrogens is 309 g/mol. The number of nitrogens with one attached hydrogen (secondary N) is 1. The second kappa shape index (κ2) is 7.46. The lowest BCUT2D eigenvalue weighted by molar-refractivity contribution is 0.0696. The Morgan fingerprint density at radius 1 is 1.14 bits per heavy atom. The van der Waals surface area contributed by atoms with Gasteiger partial charge in [0, 0.05) is 16.6 Å². The number of halogens is 2. The zero-order valence-corrected chi connectivity index (χ0v) is 12.8. The van der Waals surface area contributed by atoms with E-state index in [0.717, 1.165) is 24.1 Å². The van der Waals surface area contributed by atoms with E-state index < -0.39 is 5.97 Å². The van der Waals surface area contributed by atoms with Crippen LogP contribution < -0.4 is 5.32 Å². The molecule has 21 heavy (non-hydrogen) atoms. The fourth-order valence-electron chi connectivity index (χ4n) is 1.99. The minimum absolute atomic E-state index is 0.301. The van der Waals surface area contributed by atoms with Gasteiger partial charge in [-0.05, 0) is 48.4 Å². The molecule has 2 N–H and O–H groups in total. The molecule has 0 fully saturated rings. The molecule has 0 bridgehead atoms. The van der Waals surface area contributed by atoms with Gasteiger partial charge in [-0.25, -0.2) is 4.79 Å². The molecule has 3 nitrogen and oxygen atoms in total. The highest BCUT2D eigenvalue weighted by atomic mass is 35.5. The van der Waals surface area contributed by atoms with E-state index in [9.17, 15) is 4.79 Å². The van der Waals surface area contributed by atoms with E-state index in [2.05, 4.69) is 5.32 Å². The molecule has 0 radical (unpaired) electrons. The smallest absolute Gasteiger partial charge is 0.335 e. The van der Waals surface area contributed by atoms with Crippen molar-refractivity contribution in [1.82, 2.24) is 5.32 Å². The van der Waals surface area contributed by atoms with Crippen molar-refractivity contribution in [2.24, 2.45) is 0 Å². The number of hydrogen-bond acceptors (Lipinski definition) is 2. The fraction of sp³-hybridized carbons (Fsp3) is 0.188. The highest BCUT2D eigenvalue weighted by Gasteiger charge is 2.04. The molecule has 2 aromatic rings. The molecular formula is C16H15Cl2NO2. The Balaban J connectivity index is 1.84. The Kier molecular flexibility index (Phi) is 5.62. The highest BCUT2D eigenvalue weighted by molar-refractivity contribution is 6.35. The zero-order chi connectivity index (χ0) is 15.2. The van der Waals surface area contributed by atoms with Crippen molar-refractivity contribution in [1.29, 1.82) is 0 Å². The van der Waals surface area contributed by atoms with Crippen LogP contribution >= 0.6 is 23.2 Å². The van der Waals surface area contributed by atoms with Crippen LogP contribution in [0.4, 0.5) is 0 Å².